The fraction of sp³-hybridized carbons (Fsp3) is 0.438. The molecule has 1 rings (SSSR count). The molecule has 0 aliphatic rings. The number of allylic oxidation sites excluding steroid dienone is 1. The van der Waals surface area contributed by atoms with Gasteiger partial charge in [0.05, 0.1) is 26.9 Å². The summed E-state index contributed by atoms with van der Waals surface area (Å²) in [6.45, 7) is 4.18. The first-order valence-corrected chi connectivity index (χ1v) is 6.61. The van der Waals surface area contributed by atoms with Gasteiger partial charge in [0.1, 0.15) is 5.75 Å². The molecule has 4 nitrogen and oxygen atoms in total. The van der Waals surface area contributed by atoms with Gasteiger partial charge in [-0.3, -0.25) is 4.79 Å². The first kappa shape index (κ1) is 16.4. The van der Waals surface area contributed by atoms with Crippen LogP contribution in [0, 0.1) is 5.92 Å². The molecule has 20 heavy (non-hydrogen) atoms. The zero-order chi connectivity index (χ0) is 15.0. The molecule has 0 aliphatic heterocycles. The number of ketones is 1. The van der Waals surface area contributed by atoms with E-state index in [1.54, 1.807) is 27.0 Å². The molecule has 0 saturated heterocycles. The second kappa shape index (κ2) is 8.51. The SMILES string of the molecule is COc1ccc(COC/C=C(\C)C(=O)[C@@H](C)CO)cc1. The largest absolute Gasteiger partial charge is 0.497 e. The van der Waals surface area contributed by atoms with Crippen LogP contribution in [-0.4, -0.2) is 31.2 Å². The summed E-state index contributed by atoms with van der Waals surface area (Å²) in [7, 11) is 1.63. The standard InChI is InChI=1S/C16H22O4/c1-12(16(18)13(2)10-17)8-9-20-11-14-4-6-15(19-3)7-5-14/h4-8,13,17H,9-11H2,1-3H3/b12-8+/t13-/m0/s1. The van der Waals surface area contributed by atoms with Gasteiger partial charge in [0.25, 0.3) is 0 Å². The quantitative estimate of drug-likeness (QED) is 0.586. The van der Waals surface area contributed by atoms with Crippen LogP contribution in [0.4, 0.5) is 0 Å². The van der Waals surface area contributed by atoms with E-state index >= 15 is 0 Å². The van der Waals surface area contributed by atoms with Gasteiger partial charge >= 0.3 is 0 Å². The summed E-state index contributed by atoms with van der Waals surface area (Å²) in [6, 6.07) is 7.64. The van der Waals surface area contributed by atoms with Crippen LogP contribution in [0.5, 0.6) is 5.75 Å². The van der Waals surface area contributed by atoms with Crippen molar-refractivity contribution < 1.29 is 19.4 Å². The first-order chi connectivity index (χ1) is 9.58. The lowest BCUT2D eigenvalue weighted by Crippen LogP contribution is -2.16. The van der Waals surface area contributed by atoms with Crippen molar-refractivity contribution in [2.24, 2.45) is 5.92 Å². The Balaban J connectivity index is 2.38. The Bertz CT molecular complexity index is 448. The number of carbonyl (C=O) groups is 1. The van der Waals surface area contributed by atoms with Gasteiger partial charge in [-0.2, -0.15) is 0 Å². The molecule has 0 fully saturated rings. The van der Waals surface area contributed by atoms with Crippen molar-refractivity contribution in [3.05, 3.63) is 41.5 Å². The minimum Gasteiger partial charge on any atom is -0.497 e. The van der Waals surface area contributed by atoms with Crippen LogP contribution < -0.4 is 4.74 Å². The minimum atomic E-state index is -0.354. The molecule has 0 aromatic heterocycles. The fourth-order valence-electron chi connectivity index (χ4n) is 1.65. The lowest BCUT2D eigenvalue weighted by atomic mass is 10.0. The van der Waals surface area contributed by atoms with Gasteiger partial charge in [-0.05, 0) is 30.2 Å². The van der Waals surface area contributed by atoms with E-state index in [1.807, 2.05) is 24.3 Å². The van der Waals surface area contributed by atoms with Gasteiger partial charge in [0, 0.05) is 5.92 Å². The Hall–Kier alpha value is -1.65. The number of methoxy groups -OCH3 is 1. The highest BCUT2D eigenvalue weighted by atomic mass is 16.5. The van der Waals surface area contributed by atoms with Gasteiger partial charge in [-0.15, -0.1) is 0 Å². The highest BCUT2D eigenvalue weighted by molar-refractivity contribution is 5.96. The molecular formula is C16H22O4. The molecule has 0 amide bonds. The molecule has 1 atom stereocenters. The van der Waals surface area contributed by atoms with Crippen LogP contribution in [0.15, 0.2) is 35.9 Å². The van der Waals surface area contributed by atoms with Crippen molar-refractivity contribution >= 4 is 5.78 Å². The van der Waals surface area contributed by atoms with E-state index in [0.29, 0.717) is 18.8 Å². The molecule has 1 N–H and O–H groups in total. The molecular weight excluding hydrogens is 256 g/mol. The zero-order valence-corrected chi connectivity index (χ0v) is 12.3. The van der Waals surface area contributed by atoms with Crippen LogP contribution >= 0.6 is 0 Å². The predicted molar refractivity (Wildman–Crippen MR) is 77.7 cm³/mol. The second-order valence-electron chi connectivity index (χ2n) is 4.70. The highest BCUT2D eigenvalue weighted by Gasteiger charge is 2.12. The molecule has 0 unspecified atom stereocenters. The second-order valence-corrected chi connectivity index (χ2v) is 4.70. The Morgan fingerprint density at radius 2 is 2.00 bits per heavy atom. The van der Waals surface area contributed by atoms with Crippen LogP contribution in [-0.2, 0) is 16.1 Å². The van der Waals surface area contributed by atoms with Crippen molar-refractivity contribution in [2.75, 3.05) is 20.3 Å². The van der Waals surface area contributed by atoms with E-state index in [1.165, 1.54) is 0 Å². The fourth-order valence-corrected chi connectivity index (χ4v) is 1.65. The maximum absolute atomic E-state index is 11.7. The van der Waals surface area contributed by atoms with Crippen molar-refractivity contribution in [1.82, 2.24) is 0 Å². The average molecular weight is 278 g/mol. The predicted octanol–water partition coefficient (Wildman–Crippen LogP) is 2.36. The molecule has 0 bridgehead atoms. The third-order valence-corrected chi connectivity index (χ3v) is 3.05. The summed E-state index contributed by atoms with van der Waals surface area (Å²) in [5.74, 6) is 0.418. The maximum atomic E-state index is 11.7. The molecule has 0 radical (unpaired) electrons. The number of Topliss-reactive ketones (excluding diaryl/α,β-unsaturated/α-hetero) is 1. The lowest BCUT2D eigenvalue weighted by Gasteiger charge is -2.07. The third-order valence-electron chi connectivity index (χ3n) is 3.05. The van der Waals surface area contributed by atoms with Crippen LogP contribution in [0.1, 0.15) is 19.4 Å². The summed E-state index contributed by atoms with van der Waals surface area (Å²) in [5.41, 5.74) is 1.67. The van der Waals surface area contributed by atoms with Gasteiger partial charge in [-0.1, -0.05) is 25.1 Å². The number of hydrogen-bond acceptors (Lipinski definition) is 4. The van der Waals surface area contributed by atoms with Crippen molar-refractivity contribution in [3.63, 3.8) is 0 Å². The number of carbonyl (C=O) groups excluding carboxylic acids is 1. The molecule has 0 aliphatic carbocycles. The Morgan fingerprint density at radius 1 is 1.35 bits per heavy atom. The van der Waals surface area contributed by atoms with E-state index in [4.69, 9.17) is 14.6 Å². The summed E-state index contributed by atoms with van der Waals surface area (Å²) in [5, 5.41) is 8.93. The smallest absolute Gasteiger partial charge is 0.163 e. The van der Waals surface area contributed by atoms with Crippen LogP contribution in [0.25, 0.3) is 0 Å². The van der Waals surface area contributed by atoms with Crippen LogP contribution in [0.3, 0.4) is 0 Å². The normalized spacial score (nSPS) is 13.1. The monoisotopic (exact) mass is 278 g/mol. The number of aliphatic hydroxyl groups is 1. The molecule has 0 saturated carbocycles. The number of aliphatic hydroxyl groups excluding tert-OH is 1. The Morgan fingerprint density at radius 3 is 2.55 bits per heavy atom. The number of benzene rings is 1. The van der Waals surface area contributed by atoms with E-state index in [0.717, 1.165) is 11.3 Å². The Labute approximate surface area is 120 Å². The van der Waals surface area contributed by atoms with Gasteiger partial charge in [0.2, 0.25) is 0 Å². The van der Waals surface area contributed by atoms with Crippen molar-refractivity contribution in [2.45, 2.75) is 20.5 Å². The number of ether oxygens (including phenoxy) is 2. The topological polar surface area (TPSA) is 55.8 Å². The molecule has 1 aromatic carbocycles. The van der Waals surface area contributed by atoms with Gasteiger partial charge < -0.3 is 14.6 Å². The van der Waals surface area contributed by atoms with Crippen molar-refractivity contribution in [3.8, 4) is 5.75 Å². The third kappa shape index (κ3) is 5.15. The van der Waals surface area contributed by atoms with E-state index in [-0.39, 0.29) is 18.3 Å². The first-order valence-electron chi connectivity index (χ1n) is 6.61. The van der Waals surface area contributed by atoms with Gasteiger partial charge in [0.15, 0.2) is 5.78 Å². The molecule has 0 spiro atoms. The summed E-state index contributed by atoms with van der Waals surface area (Å²) < 4.78 is 10.6. The molecule has 4 heteroatoms. The van der Waals surface area contributed by atoms with Crippen molar-refractivity contribution in [1.29, 1.82) is 0 Å². The van der Waals surface area contributed by atoms with E-state index < -0.39 is 0 Å². The molecule has 110 valence electrons. The number of rotatable bonds is 8. The minimum absolute atomic E-state index is 0.0412. The zero-order valence-electron chi connectivity index (χ0n) is 12.3. The van der Waals surface area contributed by atoms with E-state index in [2.05, 4.69) is 0 Å². The summed E-state index contributed by atoms with van der Waals surface area (Å²) in [6.07, 6.45) is 1.75. The number of hydrogen-bond donors (Lipinski definition) is 1. The highest BCUT2D eigenvalue weighted by Crippen LogP contribution is 2.12. The summed E-state index contributed by atoms with van der Waals surface area (Å²) in [4.78, 5) is 11.7. The van der Waals surface area contributed by atoms with Crippen LogP contribution in [0.2, 0.25) is 0 Å². The summed E-state index contributed by atoms with van der Waals surface area (Å²) >= 11 is 0. The lowest BCUT2D eigenvalue weighted by molar-refractivity contribution is -0.119. The maximum Gasteiger partial charge on any atom is 0.163 e. The van der Waals surface area contributed by atoms with E-state index in [9.17, 15) is 4.79 Å². The molecule has 0 heterocycles. The molecule has 1 aromatic rings. The average Bonchev–Trinajstić information content (AvgIpc) is 2.50. The van der Waals surface area contributed by atoms with Gasteiger partial charge in [-0.25, -0.2) is 0 Å². The Kier molecular flexibility index (Phi) is 6.98.